The van der Waals surface area contributed by atoms with Crippen molar-refractivity contribution in [1.29, 1.82) is 0 Å². The summed E-state index contributed by atoms with van der Waals surface area (Å²) in [4.78, 5) is 28.2. The highest BCUT2D eigenvalue weighted by Gasteiger charge is 2.25. The molecule has 0 bridgehead atoms. The van der Waals surface area contributed by atoms with Crippen molar-refractivity contribution in [3.8, 4) is 0 Å². The number of anilines is 1. The first-order valence-corrected chi connectivity index (χ1v) is 7.11. The minimum atomic E-state index is -0.461. The fourth-order valence-corrected chi connectivity index (χ4v) is 2.67. The van der Waals surface area contributed by atoms with E-state index in [2.05, 4.69) is 16.9 Å². The first kappa shape index (κ1) is 14.7. The van der Waals surface area contributed by atoms with Gasteiger partial charge in [-0.05, 0) is 19.8 Å². The summed E-state index contributed by atoms with van der Waals surface area (Å²) in [6, 6.07) is 0. The Morgan fingerprint density at radius 2 is 2.45 bits per heavy atom. The molecule has 0 aromatic carbocycles. The lowest BCUT2D eigenvalue weighted by atomic mass is 10.2. The van der Waals surface area contributed by atoms with Crippen molar-refractivity contribution in [2.24, 2.45) is 0 Å². The Balaban J connectivity index is 2.01. The highest BCUT2D eigenvalue weighted by molar-refractivity contribution is 7.17. The summed E-state index contributed by atoms with van der Waals surface area (Å²) >= 11 is 1.10. The van der Waals surface area contributed by atoms with Crippen LogP contribution in [0.25, 0.3) is 0 Å². The summed E-state index contributed by atoms with van der Waals surface area (Å²) in [5.74, 6) is -0.681. The van der Waals surface area contributed by atoms with Crippen LogP contribution in [-0.4, -0.2) is 36.2 Å². The Kier molecular flexibility index (Phi) is 4.86. The van der Waals surface area contributed by atoms with E-state index in [-0.39, 0.29) is 12.5 Å². The zero-order chi connectivity index (χ0) is 14.5. The Bertz CT molecular complexity index is 520. The average molecular weight is 296 g/mol. The number of nitrogens with zero attached hydrogens (tertiary/aromatic N) is 1. The number of carbonyl (C=O) groups is 2. The largest absolute Gasteiger partial charge is 0.457 e. The number of hydrogen-bond acceptors (Lipinski definition) is 6. The van der Waals surface area contributed by atoms with E-state index in [0.29, 0.717) is 28.7 Å². The number of nitrogens with one attached hydrogen (secondary N) is 1. The molecule has 20 heavy (non-hydrogen) atoms. The third kappa shape index (κ3) is 3.43. The van der Waals surface area contributed by atoms with Gasteiger partial charge in [-0.1, -0.05) is 24.0 Å². The topological polar surface area (TPSA) is 77.5 Å². The van der Waals surface area contributed by atoms with Crippen LogP contribution in [0.4, 0.5) is 5.13 Å². The van der Waals surface area contributed by atoms with Gasteiger partial charge in [-0.15, -0.1) is 0 Å². The molecule has 1 aromatic heterocycles. The minimum Gasteiger partial charge on any atom is -0.457 e. The summed E-state index contributed by atoms with van der Waals surface area (Å²) < 4.78 is 10.2. The van der Waals surface area contributed by atoms with Crippen LogP contribution in [0, 0.1) is 6.92 Å². The molecule has 2 rings (SSSR count). The maximum atomic E-state index is 11.9. The number of rotatable bonds is 5. The van der Waals surface area contributed by atoms with Crippen molar-refractivity contribution in [3.05, 3.63) is 23.2 Å². The van der Waals surface area contributed by atoms with Gasteiger partial charge < -0.3 is 9.47 Å². The summed E-state index contributed by atoms with van der Waals surface area (Å²) in [6.07, 6.45) is 2.67. The van der Waals surface area contributed by atoms with Crippen LogP contribution in [0.3, 0.4) is 0 Å². The van der Waals surface area contributed by atoms with E-state index in [9.17, 15) is 9.59 Å². The predicted octanol–water partition coefficient (Wildman–Crippen LogP) is 1.91. The van der Waals surface area contributed by atoms with Crippen LogP contribution < -0.4 is 5.32 Å². The fraction of sp³-hybridized carbons (Fsp3) is 0.462. The molecular formula is C13H16N2O4S. The molecule has 2 heterocycles. The number of hydrogen-bond donors (Lipinski definition) is 1. The molecule has 7 heteroatoms. The van der Waals surface area contributed by atoms with Gasteiger partial charge in [-0.3, -0.25) is 10.1 Å². The number of esters is 1. The number of amides is 1. The number of aromatic nitrogens is 1. The van der Waals surface area contributed by atoms with Gasteiger partial charge in [0.2, 0.25) is 0 Å². The van der Waals surface area contributed by atoms with E-state index in [4.69, 9.17) is 9.47 Å². The second-order valence-corrected chi connectivity index (χ2v) is 5.31. The number of carbonyl (C=O) groups excluding carboxylic acids is 2. The van der Waals surface area contributed by atoms with E-state index in [0.717, 1.165) is 17.8 Å². The summed E-state index contributed by atoms with van der Waals surface area (Å²) in [5, 5.41) is 3.05. The zero-order valence-corrected chi connectivity index (χ0v) is 12.0. The van der Waals surface area contributed by atoms with Crippen molar-refractivity contribution in [3.63, 3.8) is 0 Å². The SMILES string of the molecule is C=CCOC(=O)c1sc(NC(=O)C2CCCO2)nc1C. The normalized spacial score (nSPS) is 17.8. The average Bonchev–Trinajstić information content (AvgIpc) is 3.05. The lowest BCUT2D eigenvalue weighted by Gasteiger charge is -2.07. The van der Waals surface area contributed by atoms with Crippen molar-refractivity contribution >= 4 is 28.3 Å². The minimum absolute atomic E-state index is 0.147. The first-order chi connectivity index (χ1) is 9.61. The molecule has 6 nitrogen and oxygen atoms in total. The highest BCUT2D eigenvalue weighted by Crippen LogP contribution is 2.24. The van der Waals surface area contributed by atoms with Gasteiger partial charge in [0, 0.05) is 6.61 Å². The molecule has 1 fully saturated rings. The van der Waals surface area contributed by atoms with Gasteiger partial charge in [0.1, 0.15) is 17.6 Å². The van der Waals surface area contributed by atoms with Crippen LogP contribution >= 0.6 is 11.3 Å². The third-order valence-electron chi connectivity index (χ3n) is 2.77. The van der Waals surface area contributed by atoms with Gasteiger partial charge in [0.25, 0.3) is 5.91 Å². The van der Waals surface area contributed by atoms with Gasteiger partial charge in [0.15, 0.2) is 5.13 Å². The van der Waals surface area contributed by atoms with Crippen molar-refractivity contribution < 1.29 is 19.1 Å². The van der Waals surface area contributed by atoms with Crippen molar-refractivity contribution in [2.45, 2.75) is 25.9 Å². The van der Waals surface area contributed by atoms with Gasteiger partial charge in [-0.25, -0.2) is 9.78 Å². The molecular weight excluding hydrogens is 280 g/mol. The molecule has 1 aromatic rings. The molecule has 0 aliphatic carbocycles. The van der Waals surface area contributed by atoms with E-state index in [1.165, 1.54) is 6.08 Å². The molecule has 1 N–H and O–H groups in total. The summed E-state index contributed by atoms with van der Waals surface area (Å²) in [5.41, 5.74) is 0.534. The van der Waals surface area contributed by atoms with Crippen molar-refractivity contribution in [1.82, 2.24) is 4.98 Å². The summed E-state index contributed by atoms with van der Waals surface area (Å²) in [6.45, 7) is 5.93. The fourth-order valence-electron chi connectivity index (χ4n) is 1.81. The second-order valence-electron chi connectivity index (χ2n) is 4.31. The maximum Gasteiger partial charge on any atom is 0.350 e. The quantitative estimate of drug-likeness (QED) is 0.663. The maximum absolute atomic E-state index is 11.9. The Morgan fingerprint density at radius 1 is 1.65 bits per heavy atom. The molecule has 0 radical (unpaired) electrons. The third-order valence-corrected chi connectivity index (χ3v) is 3.82. The lowest BCUT2D eigenvalue weighted by molar-refractivity contribution is -0.124. The van der Waals surface area contributed by atoms with Crippen molar-refractivity contribution in [2.75, 3.05) is 18.5 Å². The molecule has 108 valence electrons. The molecule has 1 unspecified atom stereocenters. The lowest BCUT2D eigenvalue weighted by Crippen LogP contribution is -2.26. The van der Waals surface area contributed by atoms with E-state index in [1.54, 1.807) is 6.92 Å². The Hall–Kier alpha value is -1.73. The Labute approximate surface area is 120 Å². The van der Waals surface area contributed by atoms with Gasteiger partial charge in [-0.2, -0.15) is 0 Å². The monoisotopic (exact) mass is 296 g/mol. The van der Waals surface area contributed by atoms with Gasteiger partial charge in [0.05, 0.1) is 5.69 Å². The molecule has 0 spiro atoms. The highest BCUT2D eigenvalue weighted by atomic mass is 32.1. The number of aryl methyl sites for hydroxylation is 1. The molecule has 1 aliphatic heterocycles. The standard InChI is InChI=1S/C13H16N2O4S/c1-3-6-19-12(17)10-8(2)14-13(20-10)15-11(16)9-5-4-7-18-9/h3,9H,1,4-7H2,2H3,(H,14,15,16). The van der Waals surface area contributed by atoms with E-state index >= 15 is 0 Å². The molecule has 1 saturated heterocycles. The molecule has 0 saturated carbocycles. The predicted molar refractivity (Wildman–Crippen MR) is 74.9 cm³/mol. The van der Waals surface area contributed by atoms with E-state index < -0.39 is 12.1 Å². The van der Waals surface area contributed by atoms with Crippen LogP contribution in [0.15, 0.2) is 12.7 Å². The molecule has 1 amide bonds. The van der Waals surface area contributed by atoms with Crippen LogP contribution in [0.5, 0.6) is 0 Å². The first-order valence-electron chi connectivity index (χ1n) is 6.29. The molecule has 1 atom stereocenters. The van der Waals surface area contributed by atoms with Gasteiger partial charge >= 0.3 is 5.97 Å². The molecule has 1 aliphatic rings. The zero-order valence-electron chi connectivity index (χ0n) is 11.2. The Morgan fingerprint density at radius 3 is 3.10 bits per heavy atom. The summed E-state index contributed by atoms with van der Waals surface area (Å²) in [7, 11) is 0. The van der Waals surface area contributed by atoms with E-state index in [1.807, 2.05) is 0 Å². The number of ether oxygens (including phenoxy) is 2. The van der Waals surface area contributed by atoms with Crippen LogP contribution in [-0.2, 0) is 14.3 Å². The smallest absolute Gasteiger partial charge is 0.350 e. The second kappa shape index (κ2) is 6.62. The van der Waals surface area contributed by atoms with Crippen LogP contribution in [0.2, 0.25) is 0 Å². The number of thiazole rings is 1. The van der Waals surface area contributed by atoms with Crippen LogP contribution in [0.1, 0.15) is 28.2 Å².